The fourth-order valence-electron chi connectivity index (χ4n) is 2.84. The minimum Gasteiger partial charge on any atom is -0.335 e. The normalized spacial score (nSPS) is 22.9. The third kappa shape index (κ3) is 4.46. The highest BCUT2D eigenvalue weighted by Gasteiger charge is 2.26. The third-order valence-corrected chi connectivity index (χ3v) is 6.30. The van der Waals surface area contributed by atoms with Gasteiger partial charge in [-0.2, -0.15) is 0 Å². The largest absolute Gasteiger partial charge is 0.335 e. The molecule has 0 aromatic heterocycles. The average Bonchev–Trinajstić information content (AvgIpc) is 2.51. The lowest BCUT2D eigenvalue weighted by Gasteiger charge is -2.29. The highest BCUT2D eigenvalue weighted by molar-refractivity contribution is 7.85. The molecule has 1 aliphatic rings. The van der Waals surface area contributed by atoms with Crippen molar-refractivity contribution >= 4 is 34.1 Å². The fourth-order valence-corrected chi connectivity index (χ4v) is 4.36. The van der Waals surface area contributed by atoms with Crippen LogP contribution >= 0.6 is 11.6 Å². The van der Waals surface area contributed by atoms with Crippen LogP contribution in [0.2, 0.25) is 5.02 Å². The van der Waals surface area contributed by atoms with Crippen molar-refractivity contribution in [3.8, 4) is 0 Å². The maximum absolute atomic E-state index is 12.1. The van der Waals surface area contributed by atoms with E-state index in [0.717, 1.165) is 31.2 Å². The summed E-state index contributed by atoms with van der Waals surface area (Å²) in [6.45, 7) is 3.84. The Morgan fingerprint density at radius 2 is 2.18 bits per heavy atom. The molecule has 2 N–H and O–H groups in total. The number of hydrogen-bond acceptors (Lipinski definition) is 2. The first kappa shape index (κ1) is 17.3. The molecule has 0 aliphatic heterocycles. The van der Waals surface area contributed by atoms with E-state index in [1.807, 2.05) is 26.0 Å². The van der Waals surface area contributed by atoms with Crippen molar-refractivity contribution in [2.75, 3.05) is 11.1 Å². The number of amides is 2. The van der Waals surface area contributed by atoms with E-state index >= 15 is 0 Å². The van der Waals surface area contributed by atoms with E-state index in [9.17, 15) is 9.00 Å². The predicted molar refractivity (Wildman–Crippen MR) is 93.1 cm³/mol. The molecule has 4 nitrogen and oxygen atoms in total. The molecule has 22 heavy (non-hydrogen) atoms. The summed E-state index contributed by atoms with van der Waals surface area (Å²) in [6, 6.07) is 5.37. The lowest BCUT2D eigenvalue weighted by atomic mass is 9.95. The van der Waals surface area contributed by atoms with Crippen LogP contribution in [-0.2, 0) is 10.8 Å². The number of nitrogens with one attached hydrogen (secondary N) is 2. The molecule has 1 aromatic rings. The molecule has 0 heterocycles. The third-order valence-electron chi connectivity index (χ3n) is 4.06. The molecule has 0 bridgehead atoms. The van der Waals surface area contributed by atoms with E-state index in [1.54, 1.807) is 6.07 Å². The van der Waals surface area contributed by atoms with Crippen LogP contribution in [-0.4, -0.2) is 27.3 Å². The summed E-state index contributed by atoms with van der Waals surface area (Å²) in [6.07, 6.45) is 3.72. The van der Waals surface area contributed by atoms with E-state index in [2.05, 4.69) is 10.6 Å². The Morgan fingerprint density at radius 3 is 2.91 bits per heavy atom. The molecule has 6 heteroatoms. The highest BCUT2D eigenvalue weighted by atomic mass is 35.5. The summed E-state index contributed by atoms with van der Waals surface area (Å²) in [7, 11) is -0.786. The van der Waals surface area contributed by atoms with Gasteiger partial charge in [-0.05, 0) is 37.8 Å². The summed E-state index contributed by atoms with van der Waals surface area (Å²) in [4.78, 5) is 12.1. The molecule has 1 saturated carbocycles. The van der Waals surface area contributed by atoms with Gasteiger partial charge in [-0.3, -0.25) is 4.21 Å². The van der Waals surface area contributed by atoms with Crippen molar-refractivity contribution in [3.05, 3.63) is 28.8 Å². The zero-order chi connectivity index (χ0) is 16.1. The van der Waals surface area contributed by atoms with Crippen molar-refractivity contribution in [3.63, 3.8) is 0 Å². The van der Waals surface area contributed by atoms with Crippen molar-refractivity contribution in [1.82, 2.24) is 5.32 Å². The van der Waals surface area contributed by atoms with Crippen LogP contribution in [0.3, 0.4) is 0 Å². The second-order valence-electron chi connectivity index (χ2n) is 5.69. The molecule has 1 aromatic carbocycles. The number of hydrogen-bond donors (Lipinski definition) is 2. The van der Waals surface area contributed by atoms with Crippen LogP contribution in [0.1, 0.15) is 38.2 Å². The van der Waals surface area contributed by atoms with Gasteiger partial charge in [-0.1, -0.05) is 37.1 Å². The van der Waals surface area contributed by atoms with Gasteiger partial charge in [0.2, 0.25) is 0 Å². The molecule has 0 spiro atoms. The quantitative estimate of drug-likeness (QED) is 0.873. The van der Waals surface area contributed by atoms with Gasteiger partial charge in [0.1, 0.15) is 0 Å². The van der Waals surface area contributed by atoms with Crippen LogP contribution in [0.5, 0.6) is 0 Å². The van der Waals surface area contributed by atoms with Crippen molar-refractivity contribution in [2.45, 2.75) is 50.8 Å². The van der Waals surface area contributed by atoms with Crippen LogP contribution in [0.15, 0.2) is 18.2 Å². The van der Waals surface area contributed by atoms with Crippen molar-refractivity contribution in [1.29, 1.82) is 0 Å². The first-order valence-electron chi connectivity index (χ1n) is 7.71. The number of rotatable bonds is 4. The number of anilines is 1. The van der Waals surface area contributed by atoms with Crippen LogP contribution in [0.4, 0.5) is 10.5 Å². The lowest BCUT2D eigenvalue weighted by Crippen LogP contribution is -2.43. The maximum Gasteiger partial charge on any atom is 0.319 e. The molecule has 2 amide bonds. The molecule has 2 rings (SSSR count). The van der Waals surface area contributed by atoms with Gasteiger partial charge in [0.25, 0.3) is 0 Å². The molecule has 1 aliphatic carbocycles. The molecular formula is C16H23ClN2O2S. The zero-order valence-electron chi connectivity index (χ0n) is 13.0. The lowest BCUT2D eigenvalue weighted by molar-refractivity contribution is 0.244. The molecule has 3 atom stereocenters. The second-order valence-corrected chi connectivity index (χ2v) is 8.07. The van der Waals surface area contributed by atoms with E-state index < -0.39 is 10.8 Å². The minimum atomic E-state index is -0.786. The molecule has 3 unspecified atom stereocenters. The number of carbonyl (C=O) groups excluding carboxylic acids is 1. The predicted octanol–water partition coefficient (Wildman–Crippen LogP) is 3.85. The van der Waals surface area contributed by atoms with Gasteiger partial charge in [-0.15, -0.1) is 0 Å². The van der Waals surface area contributed by atoms with Crippen molar-refractivity contribution in [2.24, 2.45) is 0 Å². The Kier molecular flexibility index (Phi) is 6.26. The van der Waals surface area contributed by atoms with E-state index in [4.69, 9.17) is 11.6 Å². The fraction of sp³-hybridized carbons (Fsp3) is 0.562. The second kappa shape index (κ2) is 7.97. The Balaban J connectivity index is 1.91. The molecule has 1 fully saturated rings. The highest BCUT2D eigenvalue weighted by Crippen LogP contribution is 2.26. The van der Waals surface area contributed by atoms with E-state index in [-0.39, 0.29) is 17.3 Å². The zero-order valence-corrected chi connectivity index (χ0v) is 14.6. The minimum absolute atomic E-state index is 0.0813. The van der Waals surface area contributed by atoms with Crippen molar-refractivity contribution < 1.29 is 9.00 Å². The maximum atomic E-state index is 12.1. The summed E-state index contributed by atoms with van der Waals surface area (Å²) >= 11 is 6.18. The Hall–Kier alpha value is -1.07. The molecular weight excluding hydrogens is 320 g/mol. The smallest absolute Gasteiger partial charge is 0.319 e. The number of halogens is 1. The number of carbonyl (C=O) groups is 1. The Morgan fingerprint density at radius 1 is 1.41 bits per heavy atom. The van der Waals surface area contributed by atoms with Gasteiger partial charge in [0.15, 0.2) is 0 Å². The summed E-state index contributed by atoms with van der Waals surface area (Å²) in [5.74, 6) is 0.683. The molecule has 0 saturated heterocycles. The van der Waals surface area contributed by atoms with E-state index in [1.165, 1.54) is 0 Å². The molecule has 122 valence electrons. The first-order chi connectivity index (χ1) is 10.5. The van der Waals surface area contributed by atoms with Crippen LogP contribution < -0.4 is 10.6 Å². The van der Waals surface area contributed by atoms with Gasteiger partial charge in [0.05, 0.1) is 10.7 Å². The number of aryl methyl sites for hydroxylation is 1. The Bertz CT molecular complexity index is 565. The number of urea groups is 1. The first-order valence-corrected chi connectivity index (χ1v) is 9.47. The summed E-state index contributed by atoms with van der Waals surface area (Å²) in [5.41, 5.74) is 1.54. The Labute approximate surface area is 139 Å². The standard InChI is InChI=1S/C16H23ClN2O2S/c1-3-22(21)13-8-5-7-12(10-13)18-16(20)19-14-9-4-6-11(2)15(14)17/h4,6,9,12-13H,3,5,7-8,10H2,1-2H3,(H2,18,19,20). The monoisotopic (exact) mass is 342 g/mol. The SMILES string of the molecule is CCS(=O)C1CCCC(NC(=O)Nc2cccc(C)c2Cl)C1. The van der Waals surface area contributed by atoms with Gasteiger partial charge in [-0.25, -0.2) is 4.79 Å². The summed E-state index contributed by atoms with van der Waals surface area (Å²) < 4.78 is 11.9. The van der Waals surface area contributed by atoms with Gasteiger partial charge in [0, 0.05) is 27.8 Å². The van der Waals surface area contributed by atoms with Crippen LogP contribution in [0, 0.1) is 6.92 Å². The van der Waals surface area contributed by atoms with Crippen LogP contribution in [0.25, 0.3) is 0 Å². The van der Waals surface area contributed by atoms with Gasteiger partial charge < -0.3 is 10.6 Å². The topological polar surface area (TPSA) is 58.2 Å². The average molecular weight is 343 g/mol. The summed E-state index contributed by atoms with van der Waals surface area (Å²) in [5, 5.41) is 6.54. The van der Waals surface area contributed by atoms with Gasteiger partial charge >= 0.3 is 6.03 Å². The van der Waals surface area contributed by atoms with E-state index in [0.29, 0.717) is 16.5 Å². The number of benzene rings is 1. The molecule has 0 radical (unpaired) electrons.